The lowest BCUT2D eigenvalue weighted by Gasteiger charge is -2.40. The Morgan fingerprint density at radius 1 is 0.981 bits per heavy atom. The fraction of sp³-hybridized carbons (Fsp3) is 0.308. The predicted octanol–water partition coefficient (Wildman–Crippen LogP) is 4.78. The van der Waals surface area contributed by atoms with Crippen molar-refractivity contribution in [2.45, 2.75) is 44.2 Å². The second kappa shape index (κ2) is 14.1. The zero-order valence-electron chi connectivity index (χ0n) is 28.8. The van der Waals surface area contributed by atoms with Crippen molar-refractivity contribution in [3.8, 4) is 11.4 Å². The van der Waals surface area contributed by atoms with Crippen LogP contribution in [0.25, 0.3) is 17.5 Å². The quantitative estimate of drug-likeness (QED) is 0.103. The van der Waals surface area contributed by atoms with Gasteiger partial charge in [-0.15, -0.1) is 0 Å². The van der Waals surface area contributed by atoms with Gasteiger partial charge in [-0.05, 0) is 91.8 Å². The van der Waals surface area contributed by atoms with Crippen molar-refractivity contribution in [3.63, 3.8) is 0 Å². The number of rotatable bonds is 10. The molecule has 14 heteroatoms. The number of nitrogens with zero attached hydrogens (tertiary/aromatic N) is 5. The summed E-state index contributed by atoms with van der Waals surface area (Å²) in [6.07, 6.45) is 8.15. The Labute approximate surface area is 304 Å². The number of fused-ring (bicyclic) bond motifs is 1. The molecule has 8 rings (SSSR count). The van der Waals surface area contributed by atoms with Gasteiger partial charge in [-0.1, -0.05) is 18.2 Å². The maximum Gasteiger partial charge on any atom is 0.262 e. The summed E-state index contributed by atoms with van der Waals surface area (Å²) in [7, 11) is 0. The first-order valence-corrected chi connectivity index (χ1v) is 17.9. The van der Waals surface area contributed by atoms with Crippen LogP contribution in [-0.2, 0) is 9.59 Å². The van der Waals surface area contributed by atoms with Crippen LogP contribution in [0, 0.1) is 17.1 Å². The maximum absolute atomic E-state index is 13.8. The van der Waals surface area contributed by atoms with Crippen LogP contribution < -0.4 is 15.5 Å². The molecular weight excluding hydrogens is 677 g/mol. The topological polar surface area (TPSA) is 167 Å². The van der Waals surface area contributed by atoms with Gasteiger partial charge in [0, 0.05) is 38.3 Å². The highest BCUT2D eigenvalue weighted by Gasteiger charge is 2.44. The highest BCUT2D eigenvalue weighted by molar-refractivity contribution is 6.23. The average molecular weight is 716 g/mol. The lowest BCUT2D eigenvalue weighted by molar-refractivity contribution is -0.136. The fourth-order valence-corrected chi connectivity index (χ4v) is 7.61. The van der Waals surface area contributed by atoms with Crippen LogP contribution in [0.4, 0.5) is 15.9 Å². The molecule has 270 valence electrons. The number of benzene rings is 2. The highest BCUT2D eigenvalue weighted by Crippen LogP contribution is 2.33. The standard InChI is InChI=1S/C39H38FN9O4/c40-25-5-1-4-24(18-25)31-7-3-17-48(31)33(41)12-13-34-43-20-30(44-34)29-6-2-8-35(45-29)47-21-23(22-47)15-16-42-26-9-10-27-28(19-26)39(53)49(38(27)52)32-11-14-36(50)46-37(32)51/h1-2,4-6,8-10,12-13,18-20,23,31-32,41-42H,3,7,11,14-17,21-22H2,(H,43,44)(H,46,50,51)/b13-12-,41-33?/t31-,32?/m1/s1. The van der Waals surface area contributed by atoms with E-state index in [0.717, 1.165) is 72.3 Å². The first-order chi connectivity index (χ1) is 25.7. The van der Waals surface area contributed by atoms with Gasteiger partial charge in [0.15, 0.2) is 0 Å². The second-order valence-electron chi connectivity index (χ2n) is 13.9. The molecule has 0 aliphatic carbocycles. The molecule has 53 heavy (non-hydrogen) atoms. The Morgan fingerprint density at radius 2 is 1.81 bits per heavy atom. The van der Waals surface area contributed by atoms with Crippen LogP contribution in [0.3, 0.4) is 0 Å². The first-order valence-electron chi connectivity index (χ1n) is 17.9. The Morgan fingerprint density at radius 3 is 2.64 bits per heavy atom. The monoisotopic (exact) mass is 715 g/mol. The number of anilines is 2. The number of hydrogen-bond acceptors (Lipinski definition) is 9. The summed E-state index contributed by atoms with van der Waals surface area (Å²) in [5, 5.41) is 14.3. The molecule has 0 spiro atoms. The Balaban J connectivity index is 0.821. The molecule has 0 radical (unpaired) electrons. The number of amides is 4. The van der Waals surface area contributed by atoms with Crippen molar-refractivity contribution in [1.29, 1.82) is 5.41 Å². The van der Waals surface area contributed by atoms with E-state index in [1.807, 2.05) is 29.2 Å². The van der Waals surface area contributed by atoms with Crippen molar-refractivity contribution in [3.05, 3.63) is 101 Å². The third-order valence-electron chi connectivity index (χ3n) is 10.4. The predicted molar refractivity (Wildman–Crippen MR) is 196 cm³/mol. The van der Waals surface area contributed by atoms with E-state index in [-0.39, 0.29) is 35.8 Å². The molecule has 6 heterocycles. The summed E-state index contributed by atoms with van der Waals surface area (Å²) < 4.78 is 13.8. The molecule has 2 aromatic carbocycles. The van der Waals surface area contributed by atoms with Crippen LogP contribution in [0.15, 0.2) is 72.9 Å². The summed E-state index contributed by atoms with van der Waals surface area (Å²) in [4.78, 5) is 67.9. The number of imidazole rings is 1. The minimum Gasteiger partial charge on any atom is -0.385 e. The van der Waals surface area contributed by atoms with Crippen LogP contribution in [-0.4, -0.2) is 86.4 Å². The fourth-order valence-electron chi connectivity index (χ4n) is 7.61. The number of pyridine rings is 1. The molecule has 4 amide bonds. The number of imide groups is 2. The van der Waals surface area contributed by atoms with Crippen LogP contribution in [0.1, 0.15) is 70.2 Å². The van der Waals surface area contributed by atoms with Gasteiger partial charge in [-0.2, -0.15) is 0 Å². The minimum absolute atomic E-state index is 0.0225. The third kappa shape index (κ3) is 6.79. The van der Waals surface area contributed by atoms with E-state index >= 15 is 0 Å². The SMILES string of the molecule is N=C(/C=C\c1ncc(-c2cccc(N3CC(CCNc4ccc5c(c4)C(=O)N(C4CCC(=O)NC4=O)C5=O)C3)n2)[nH]1)N1CCC[C@@H]1c1cccc(F)c1. The van der Waals surface area contributed by atoms with Crippen molar-refractivity contribution in [1.82, 2.24) is 30.1 Å². The molecule has 4 aliphatic rings. The number of carbonyl (C=O) groups excluding carboxylic acids is 4. The van der Waals surface area contributed by atoms with Gasteiger partial charge < -0.3 is 20.1 Å². The molecule has 13 nitrogen and oxygen atoms in total. The summed E-state index contributed by atoms with van der Waals surface area (Å²) in [5.41, 5.74) is 3.65. The van der Waals surface area contributed by atoms with E-state index in [0.29, 0.717) is 24.1 Å². The zero-order valence-corrected chi connectivity index (χ0v) is 28.8. The maximum atomic E-state index is 13.8. The third-order valence-corrected chi connectivity index (χ3v) is 10.4. The van der Waals surface area contributed by atoms with Crippen molar-refractivity contribution >= 4 is 47.0 Å². The smallest absolute Gasteiger partial charge is 0.262 e. The van der Waals surface area contributed by atoms with Crippen LogP contribution in [0.5, 0.6) is 0 Å². The van der Waals surface area contributed by atoms with Crippen LogP contribution >= 0.6 is 0 Å². The van der Waals surface area contributed by atoms with E-state index in [1.165, 1.54) is 6.07 Å². The van der Waals surface area contributed by atoms with Gasteiger partial charge in [0.25, 0.3) is 11.8 Å². The van der Waals surface area contributed by atoms with E-state index in [2.05, 4.69) is 25.5 Å². The summed E-state index contributed by atoms with van der Waals surface area (Å²) in [6, 6.07) is 16.5. The molecule has 1 unspecified atom stereocenters. The zero-order chi connectivity index (χ0) is 36.6. The van der Waals surface area contributed by atoms with Crippen molar-refractivity contribution in [2.24, 2.45) is 5.92 Å². The van der Waals surface area contributed by atoms with Crippen LogP contribution in [0.2, 0.25) is 0 Å². The molecule has 3 fully saturated rings. The Hall–Kier alpha value is -6.18. The molecule has 4 aromatic rings. The second-order valence-corrected chi connectivity index (χ2v) is 13.9. The molecule has 3 saturated heterocycles. The van der Waals surface area contributed by atoms with Gasteiger partial charge in [-0.25, -0.2) is 14.4 Å². The van der Waals surface area contributed by atoms with E-state index in [1.54, 1.807) is 48.7 Å². The number of carbonyl (C=O) groups is 4. The number of piperidine rings is 1. The molecular formula is C39H38FN9O4. The highest BCUT2D eigenvalue weighted by atomic mass is 19.1. The van der Waals surface area contributed by atoms with Gasteiger partial charge in [0.05, 0.1) is 34.8 Å². The van der Waals surface area contributed by atoms with Gasteiger partial charge in [-0.3, -0.25) is 34.8 Å². The lowest BCUT2D eigenvalue weighted by atomic mass is 9.96. The normalized spacial score (nSPS) is 20.3. The molecule has 0 bridgehead atoms. The summed E-state index contributed by atoms with van der Waals surface area (Å²) in [5.74, 6) is -0.0475. The number of likely N-dealkylation sites (tertiary alicyclic amines) is 1. The summed E-state index contributed by atoms with van der Waals surface area (Å²) in [6.45, 7) is 3.12. The Kier molecular flexibility index (Phi) is 9.02. The van der Waals surface area contributed by atoms with Gasteiger partial charge in [0.2, 0.25) is 11.8 Å². The molecule has 4 aliphatic heterocycles. The molecule has 2 aromatic heterocycles. The number of aromatic amines is 1. The largest absolute Gasteiger partial charge is 0.385 e. The molecule has 2 atom stereocenters. The lowest BCUT2D eigenvalue weighted by Crippen LogP contribution is -2.54. The van der Waals surface area contributed by atoms with E-state index in [9.17, 15) is 23.6 Å². The van der Waals surface area contributed by atoms with E-state index in [4.69, 9.17) is 10.4 Å². The average Bonchev–Trinajstić information content (AvgIpc) is 3.88. The minimum atomic E-state index is -0.988. The van der Waals surface area contributed by atoms with E-state index < -0.39 is 29.7 Å². The summed E-state index contributed by atoms with van der Waals surface area (Å²) >= 11 is 0. The number of nitrogens with one attached hydrogen (secondary N) is 4. The number of halogens is 1. The Bertz CT molecular complexity index is 2160. The first kappa shape index (κ1) is 33.9. The number of aromatic nitrogens is 3. The van der Waals surface area contributed by atoms with Gasteiger partial charge >= 0.3 is 0 Å². The number of H-pyrrole nitrogens is 1. The van der Waals surface area contributed by atoms with Gasteiger partial charge in [0.1, 0.15) is 29.3 Å². The van der Waals surface area contributed by atoms with Crippen molar-refractivity contribution in [2.75, 3.05) is 36.4 Å². The molecule has 0 saturated carbocycles. The number of hydrogen-bond donors (Lipinski definition) is 4. The number of amidine groups is 1. The van der Waals surface area contributed by atoms with Crippen molar-refractivity contribution < 1.29 is 23.6 Å². The molecule has 4 N–H and O–H groups in total.